The molecular formula is C13H21NO2. The van der Waals surface area contributed by atoms with Gasteiger partial charge in [-0.1, -0.05) is 13.8 Å². The first-order valence-corrected chi connectivity index (χ1v) is 5.67. The Morgan fingerprint density at radius 1 is 1.31 bits per heavy atom. The zero-order valence-electron chi connectivity index (χ0n) is 10.2. The van der Waals surface area contributed by atoms with E-state index in [1.54, 1.807) is 25.3 Å². The van der Waals surface area contributed by atoms with Crippen LogP contribution in [0.5, 0.6) is 11.5 Å². The lowest BCUT2D eigenvalue weighted by atomic mass is 9.97. The van der Waals surface area contributed by atoms with Gasteiger partial charge in [-0.2, -0.15) is 0 Å². The number of rotatable bonds is 5. The van der Waals surface area contributed by atoms with Crippen LogP contribution in [0.3, 0.4) is 0 Å². The van der Waals surface area contributed by atoms with Crippen molar-refractivity contribution in [2.24, 2.45) is 11.7 Å². The van der Waals surface area contributed by atoms with E-state index >= 15 is 0 Å². The summed E-state index contributed by atoms with van der Waals surface area (Å²) in [7, 11) is 1.61. The van der Waals surface area contributed by atoms with Crippen molar-refractivity contribution in [2.45, 2.75) is 32.7 Å². The van der Waals surface area contributed by atoms with Gasteiger partial charge in [-0.15, -0.1) is 0 Å². The third-order valence-corrected chi connectivity index (χ3v) is 2.69. The summed E-state index contributed by atoms with van der Waals surface area (Å²) < 4.78 is 5.12. The van der Waals surface area contributed by atoms with Crippen molar-refractivity contribution in [1.29, 1.82) is 0 Å². The van der Waals surface area contributed by atoms with Gasteiger partial charge in [0.15, 0.2) is 0 Å². The molecule has 0 bridgehead atoms. The molecule has 0 saturated heterocycles. The van der Waals surface area contributed by atoms with Gasteiger partial charge >= 0.3 is 0 Å². The monoisotopic (exact) mass is 223 g/mol. The molecule has 1 aromatic rings. The molecule has 1 aromatic carbocycles. The smallest absolute Gasteiger partial charge is 0.120 e. The largest absolute Gasteiger partial charge is 0.508 e. The molecule has 90 valence electrons. The molecule has 0 aliphatic heterocycles. The summed E-state index contributed by atoms with van der Waals surface area (Å²) in [6.07, 6.45) is 1.93. The standard InChI is InChI=1S/C13H21NO2/c1-9(2)4-6-12(14)11-8-10(16-3)5-7-13(11)15/h5,7-9,12,15H,4,6,14H2,1-3H3/t12-/m1/s1. The normalized spacial score (nSPS) is 12.8. The molecular weight excluding hydrogens is 202 g/mol. The molecule has 3 N–H and O–H groups in total. The summed E-state index contributed by atoms with van der Waals surface area (Å²) in [5.41, 5.74) is 6.82. The Morgan fingerprint density at radius 3 is 2.56 bits per heavy atom. The van der Waals surface area contributed by atoms with Crippen molar-refractivity contribution in [3.63, 3.8) is 0 Å². The Morgan fingerprint density at radius 2 is 2.00 bits per heavy atom. The van der Waals surface area contributed by atoms with Crippen LogP contribution in [-0.2, 0) is 0 Å². The Hall–Kier alpha value is -1.22. The highest BCUT2D eigenvalue weighted by atomic mass is 16.5. The van der Waals surface area contributed by atoms with Crippen molar-refractivity contribution in [3.8, 4) is 11.5 Å². The maximum Gasteiger partial charge on any atom is 0.120 e. The number of methoxy groups -OCH3 is 1. The molecule has 3 nitrogen and oxygen atoms in total. The van der Waals surface area contributed by atoms with Gasteiger partial charge in [0.25, 0.3) is 0 Å². The Labute approximate surface area is 97.2 Å². The summed E-state index contributed by atoms with van der Waals surface area (Å²) in [5, 5.41) is 9.73. The first-order chi connectivity index (χ1) is 7.54. The predicted molar refractivity (Wildman–Crippen MR) is 65.7 cm³/mol. The summed E-state index contributed by atoms with van der Waals surface area (Å²) in [4.78, 5) is 0. The molecule has 0 amide bonds. The van der Waals surface area contributed by atoms with Crippen molar-refractivity contribution in [3.05, 3.63) is 23.8 Å². The predicted octanol–water partition coefficient (Wildman–Crippen LogP) is 2.84. The van der Waals surface area contributed by atoms with Gasteiger partial charge in [0.05, 0.1) is 7.11 Å². The molecule has 0 heterocycles. The van der Waals surface area contributed by atoms with E-state index in [0.717, 1.165) is 24.2 Å². The maximum atomic E-state index is 9.73. The van der Waals surface area contributed by atoms with Gasteiger partial charge in [0.2, 0.25) is 0 Å². The molecule has 0 fully saturated rings. The molecule has 1 rings (SSSR count). The van der Waals surface area contributed by atoms with Crippen LogP contribution in [0.4, 0.5) is 0 Å². The zero-order chi connectivity index (χ0) is 12.1. The van der Waals surface area contributed by atoms with Gasteiger partial charge in [0.1, 0.15) is 11.5 Å². The van der Waals surface area contributed by atoms with E-state index in [1.165, 1.54) is 0 Å². The van der Waals surface area contributed by atoms with Crippen LogP contribution in [0.15, 0.2) is 18.2 Å². The SMILES string of the molecule is COc1ccc(O)c([C@H](N)CCC(C)C)c1. The van der Waals surface area contributed by atoms with E-state index < -0.39 is 0 Å². The quantitative estimate of drug-likeness (QED) is 0.807. The minimum absolute atomic E-state index is 0.127. The lowest BCUT2D eigenvalue weighted by Gasteiger charge is -2.15. The maximum absolute atomic E-state index is 9.73. The average Bonchev–Trinajstić information content (AvgIpc) is 2.26. The second-order valence-corrected chi connectivity index (χ2v) is 4.50. The first-order valence-electron chi connectivity index (χ1n) is 5.67. The Bertz CT molecular complexity index is 337. The Kier molecular flexibility index (Phi) is 4.62. The number of hydrogen-bond donors (Lipinski definition) is 2. The molecule has 3 heteroatoms. The molecule has 0 aromatic heterocycles. The van der Waals surface area contributed by atoms with Crippen LogP contribution < -0.4 is 10.5 Å². The van der Waals surface area contributed by atoms with E-state index in [9.17, 15) is 5.11 Å². The minimum atomic E-state index is -0.127. The van der Waals surface area contributed by atoms with E-state index in [-0.39, 0.29) is 11.8 Å². The minimum Gasteiger partial charge on any atom is -0.508 e. The number of phenolic OH excluding ortho intramolecular Hbond substituents is 1. The van der Waals surface area contributed by atoms with E-state index in [0.29, 0.717) is 5.92 Å². The average molecular weight is 223 g/mol. The fraction of sp³-hybridized carbons (Fsp3) is 0.538. The number of hydrogen-bond acceptors (Lipinski definition) is 3. The molecule has 0 unspecified atom stereocenters. The number of aromatic hydroxyl groups is 1. The lowest BCUT2D eigenvalue weighted by molar-refractivity contribution is 0.407. The zero-order valence-corrected chi connectivity index (χ0v) is 10.2. The fourth-order valence-electron chi connectivity index (χ4n) is 1.62. The number of nitrogens with two attached hydrogens (primary N) is 1. The highest BCUT2D eigenvalue weighted by Crippen LogP contribution is 2.30. The molecule has 0 aliphatic carbocycles. The van der Waals surface area contributed by atoms with Crippen LogP contribution in [0.1, 0.15) is 38.3 Å². The van der Waals surface area contributed by atoms with Gasteiger partial charge in [-0.05, 0) is 37.0 Å². The van der Waals surface area contributed by atoms with E-state index in [1.807, 2.05) is 0 Å². The first kappa shape index (κ1) is 12.8. The second kappa shape index (κ2) is 5.75. The molecule has 0 aliphatic rings. The summed E-state index contributed by atoms with van der Waals surface area (Å²) in [6.45, 7) is 4.33. The van der Waals surface area contributed by atoms with Crippen LogP contribution in [-0.4, -0.2) is 12.2 Å². The summed E-state index contributed by atoms with van der Waals surface area (Å²) in [6, 6.07) is 5.04. The molecule has 0 spiro atoms. The summed E-state index contributed by atoms with van der Waals surface area (Å²) >= 11 is 0. The molecule has 16 heavy (non-hydrogen) atoms. The van der Waals surface area contributed by atoms with Crippen molar-refractivity contribution in [1.82, 2.24) is 0 Å². The number of ether oxygens (including phenoxy) is 1. The van der Waals surface area contributed by atoms with Crippen molar-refractivity contribution < 1.29 is 9.84 Å². The lowest BCUT2D eigenvalue weighted by Crippen LogP contribution is -2.11. The van der Waals surface area contributed by atoms with Crippen LogP contribution >= 0.6 is 0 Å². The van der Waals surface area contributed by atoms with Crippen molar-refractivity contribution in [2.75, 3.05) is 7.11 Å². The second-order valence-electron chi connectivity index (χ2n) is 4.50. The number of benzene rings is 1. The van der Waals surface area contributed by atoms with Gasteiger partial charge in [-0.3, -0.25) is 0 Å². The molecule has 0 radical (unpaired) electrons. The van der Waals surface area contributed by atoms with Gasteiger partial charge in [0, 0.05) is 11.6 Å². The molecule has 0 saturated carbocycles. The highest BCUT2D eigenvalue weighted by Gasteiger charge is 2.12. The third-order valence-electron chi connectivity index (χ3n) is 2.69. The highest BCUT2D eigenvalue weighted by molar-refractivity contribution is 5.41. The van der Waals surface area contributed by atoms with Crippen LogP contribution in [0.2, 0.25) is 0 Å². The van der Waals surface area contributed by atoms with E-state index in [2.05, 4.69) is 13.8 Å². The van der Waals surface area contributed by atoms with Crippen molar-refractivity contribution >= 4 is 0 Å². The van der Waals surface area contributed by atoms with Crippen LogP contribution in [0, 0.1) is 5.92 Å². The van der Waals surface area contributed by atoms with Gasteiger partial charge < -0.3 is 15.6 Å². The Balaban J connectivity index is 2.76. The topological polar surface area (TPSA) is 55.5 Å². The van der Waals surface area contributed by atoms with Crippen LogP contribution in [0.25, 0.3) is 0 Å². The van der Waals surface area contributed by atoms with E-state index in [4.69, 9.17) is 10.5 Å². The fourth-order valence-corrected chi connectivity index (χ4v) is 1.62. The summed E-state index contributed by atoms with van der Waals surface area (Å²) in [5.74, 6) is 1.60. The number of phenols is 1. The molecule has 1 atom stereocenters. The third kappa shape index (κ3) is 3.42. The van der Waals surface area contributed by atoms with Gasteiger partial charge in [-0.25, -0.2) is 0 Å².